The van der Waals surface area contributed by atoms with Crippen molar-refractivity contribution in [3.8, 4) is 33.4 Å². The first-order valence-electron chi connectivity index (χ1n) is 20.9. The summed E-state index contributed by atoms with van der Waals surface area (Å²) in [6.45, 7) is 0. The lowest BCUT2D eigenvalue weighted by molar-refractivity contribution is 0.670. The van der Waals surface area contributed by atoms with E-state index in [2.05, 4.69) is 24.3 Å². The lowest BCUT2D eigenvalue weighted by Crippen LogP contribution is -1.92. The van der Waals surface area contributed by atoms with Gasteiger partial charge in [0.05, 0.1) is 11.0 Å². The zero-order chi connectivity index (χ0) is 40.4. The molecular weight excluding hydrogens is 617 g/mol. The average Bonchev–Trinajstić information content (AvgIpc) is 3.67. The van der Waals surface area contributed by atoms with E-state index in [0.29, 0.717) is 22.3 Å². The fourth-order valence-corrected chi connectivity index (χ4v) is 8.07. The molecule has 11 rings (SSSR count). The predicted octanol–water partition coefficient (Wildman–Crippen LogP) is 14.4. The molecule has 0 N–H and O–H groups in total. The van der Waals surface area contributed by atoms with E-state index in [1.807, 2.05) is 109 Å². The Hall–Kier alpha value is -6.70. The molecule has 0 bridgehead atoms. The molecule has 236 valence electrons. The molecule has 1 nitrogen and oxygen atoms in total. The van der Waals surface area contributed by atoms with Crippen molar-refractivity contribution < 1.29 is 15.4 Å². The summed E-state index contributed by atoms with van der Waals surface area (Å²) in [6, 6.07) is 40.7. The van der Waals surface area contributed by atoms with Crippen LogP contribution < -0.4 is 0 Å². The van der Waals surface area contributed by atoms with Gasteiger partial charge < -0.3 is 4.42 Å². The molecule has 0 radical (unpaired) electrons. The van der Waals surface area contributed by atoms with Gasteiger partial charge in [0.15, 0.2) is 0 Å². The van der Waals surface area contributed by atoms with Crippen LogP contribution in [-0.4, -0.2) is 0 Å². The van der Waals surface area contributed by atoms with Crippen LogP contribution in [0.3, 0.4) is 0 Å². The number of hydrogen-bond donors (Lipinski definition) is 0. The van der Waals surface area contributed by atoms with E-state index >= 15 is 0 Å². The summed E-state index contributed by atoms with van der Waals surface area (Å²) in [5.74, 6) is 0. The van der Waals surface area contributed by atoms with Gasteiger partial charge in [0.2, 0.25) is 0 Å². The first-order valence-corrected chi connectivity index (χ1v) is 16.9. The summed E-state index contributed by atoms with van der Waals surface area (Å²) in [4.78, 5) is 0. The van der Waals surface area contributed by atoms with E-state index < -0.39 is 24.2 Å². The molecule has 0 aliphatic carbocycles. The molecule has 0 saturated carbocycles. The highest BCUT2D eigenvalue weighted by Crippen LogP contribution is 2.47. The minimum atomic E-state index is -0.432. The van der Waals surface area contributed by atoms with Crippen molar-refractivity contribution in [3.63, 3.8) is 0 Å². The van der Waals surface area contributed by atoms with Crippen LogP contribution in [0.4, 0.5) is 0 Å². The van der Waals surface area contributed by atoms with Gasteiger partial charge >= 0.3 is 0 Å². The third kappa shape index (κ3) is 4.16. The molecule has 1 heterocycles. The van der Waals surface area contributed by atoms with Crippen molar-refractivity contribution in [1.82, 2.24) is 0 Å². The van der Waals surface area contributed by atoms with Gasteiger partial charge in [-0.3, -0.25) is 0 Å². The minimum Gasteiger partial charge on any atom is -0.455 e. The maximum atomic E-state index is 9.48. The molecule has 0 unspecified atom stereocenters. The molecule has 1 aromatic heterocycles. The minimum absolute atomic E-state index is 0.180. The largest absolute Gasteiger partial charge is 0.455 e. The van der Waals surface area contributed by atoms with Gasteiger partial charge in [-0.15, -0.1) is 0 Å². The van der Waals surface area contributed by atoms with Crippen molar-refractivity contribution >= 4 is 75.8 Å². The molecule has 0 atom stereocenters. The van der Waals surface area contributed by atoms with Crippen molar-refractivity contribution in [1.29, 1.82) is 0 Å². The molecule has 0 aliphatic rings. The van der Waals surface area contributed by atoms with Crippen LogP contribution in [0.25, 0.3) is 109 Å². The monoisotopic (exact) mass is 654 g/mol. The van der Waals surface area contributed by atoms with Gasteiger partial charge in [-0.25, -0.2) is 0 Å². The molecule has 0 amide bonds. The molecule has 1 heteroatoms. The summed E-state index contributed by atoms with van der Waals surface area (Å²) < 4.78 is 80.0. The molecular formula is C50H30O. The second-order valence-electron chi connectivity index (χ2n) is 13.0. The number of fused-ring (bicyclic) bond motifs is 9. The molecule has 11 aromatic rings. The molecule has 51 heavy (non-hydrogen) atoms. The van der Waals surface area contributed by atoms with E-state index in [1.54, 1.807) is 0 Å². The third-order valence-corrected chi connectivity index (χ3v) is 10.3. The van der Waals surface area contributed by atoms with E-state index in [4.69, 9.17) is 9.90 Å². The molecule has 0 fully saturated rings. The normalized spacial score (nSPS) is 14.1. The molecule has 0 aliphatic heterocycles. The smallest absolute Gasteiger partial charge is 0.143 e. The summed E-state index contributed by atoms with van der Waals surface area (Å²) >= 11 is 0. The maximum absolute atomic E-state index is 9.48. The molecule has 0 saturated heterocycles. The van der Waals surface area contributed by atoms with E-state index in [9.17, 15) is 5.48 Å². The molecule has 10 aromatic carbocycles. The number of benzene rings is 10. The maximum Gasteiger partial charge on any atom is 0.143 e. The van der Waals surface area contributed by atoms with Crippen molar-refractivity contribution in [3.05, 3.63) is 182 Å². The zero-order valence-corrected chi connectivity index (χ0v) is 27.1. The summed E-state index contributed by atoms with van der Waals surface area (Å²) in [6.07, 6.45) is 0. The molecule has 0 spiro atoms. The Labute approximate surface area is 305 Å². The zero-order valence-electron chi connectivity index (χ0n) is 35.1. The Bertz CT molecular complexity index is 3580. The SMILES string of the molecule is [2H]c1c([2H])c([2H])c2c(-c3cccc4ccccc34)c3c([2H])c([2H])c([2H])c([2H])c3c(-c3ccc4cccc(-c5cccc6c5oc5ccc7ccccc7c56)c4c3)c2c1[2H]. The van der Waals surface area contributed by atoms with Crippen LogP contribution in [0.2, 0.25) is 0 Å². The fourth-order valence-electron chi connectivity index (χ4n) is 8.07. The van der Waals surface area contributed by atoms with Crippen molar-refractivity contribution in [2.75, 3.05) is 0 Å². The number of para-hydroxylation sites is 1. The lowest BCUT2D eigenvalue weighted by Gasteiger charge is -2.19. The van der Waals surface area contributed by atoms with Crippen LogP contribution in [0.5, 0.6) is 0 Å². The van der Waals surface area contributed by atoms with Gasteiger partial charge in [-0.05, 0) is 93.8 Å². The Kier molecular flexibility index (Phi) is 4.57. The average molecular weight is 655 g/mol. The summed E-state index contributed by atoms with van der Waals surface area (Å²) in [7, 11) is 0. The topological polar surface area (TPSA) is 13.1 Å². The van der Waals surface area contributed by atoms with Crippen LogP contribution in [-0.2, 0) is 0 Å². The number of hydrogen-bond acceptors (Lipinski definition) is 1. The number of furan rings is 1. The fraction of sp³-hybridized carbons (Fsp3) is 0. The highest BCUT2D eigenvalue weighted by Gasteiger charge is 2.20. The first kappa shape index (κ1) is 21.4. The van der Waals surface area contributed by atoms with Crippen LogP contribution in [0.1, 0.15) is 11.0 Å². The third-order valence-electron chi connectivity index (χ3n) is 10.3. The standard InChI is InChI=1S/C50H30O/c1-3-16-35-31(12-1)14-10-23-38(35)48-41-20-7-5-18-39(41)47(40-19-6-8-21-42(40)48)34-27-26-33-15-9-22-37(45(33)30-34)43-24-11-25-44-49-36-17-4-2-13-32(36)28-29-46(49)51-50(43)44/h1-30H/i5D,6D,7D,8D,18D,19D,20D,21D. The highest BCUT2D eigenvalue weighted by atomic mass is 16.3. The Morgan fingerprint density at radius 3 is 1.65 bits per heavy atom. The highest BCUT2D eigenvalue weighted by molar-refractivity contribution is 6.25. The van der Waals surface area contributed by atoms with Gasteiger partial charge in [0, 0.05) is 16.3 Å². The van der Waals surface area contributed by atoms with E-state index in [-0.39, 0.29) is 45.7 Å². The Morgan fingerprint density at radius 2 is 0.902 bits per heavy atom. The van der Waals surface area contributed by atoms with Crippen LogP contribution in [0.15, 0.2) is 186 Å². The van der Waals surface area contributed by atoms with Gasteiger partial charge in [0.1, 0.15) is 11.2 Å². The van der Waals surface area contributed by atoms with Crippen molar-refractivity contribution in [2.24, 2.45) is 0 Å². The lowest BCUT2D eigenvalue weighted by atomic mass is 9.84. The predicted molar refractivity (Wildman–Crippen MR) is 218 cm³/mol. The quantitative estimate of drug-likeness (QED) is 0.173. The Balaban J connectivity index is 1.29. The van der Waals surface area contributed by atoms with Gasteiger partial charge in [-0.1, -0.05) is 170 Å². The van der Waals surface area contributed by atoms with Crippen LogP contribution >= 0.6 is 0 Å². The summed E-state index contributed by atoms with van der Waals surface area (Å²) in [5, 5.41) is 8.38. The second kappa shape index (κ2) is 10.9. The van der Waals surface area contributed by atoms with Gasteiger partial charge in [0.25, 0.3) is 0 Å². The first-order chi connectivity index (χ1) is 28.6. The Morgan fingerprint density at radius 1 is 0.373 bits per heavy atom. The summed E-state index contributed by atoms with van der Waals surface area (Å²) in [5.41, 5.74) is 5.05. The second-order valence-corrected chi connectivity index (χ2v) is 13.0. The van der Waals surface area contributed by atoms with Crippen molar-refractivity contribution in [2.45, 2.75) is 0 Å². The van der Waals surface area contributed by atoms with E-state index in [0.717, 1.165) is 65.4 Å². The van der Waals surface area contributed by atoms with Crippen LogP contribution in [0, 0.1) is 0 Å². The van der Waals surface area contributed by atoms with E-state index in [1.165, 1.54) is 0 Å². The van der Waals surface area contributed by atoms with Gasteiger partial charge in [-0.2, -0.15) is 0 Å². The number of rotatable bonds is 3.